The van der Waals surface area contributed by atoms with Gasteiger partial charge < -0.3 is 10.2 Å². The van der Waals surface area contributed by atoms with Gasteiger partial charge in [0.15, 0.2) is 0 Å². The van der Waals surface area contributed by atoms with Crippen LogP contribution in [0.2, 0.25) is 0 Å². The van der Waals surface area contributed by atoms with Crippen LogP contribution in [-0.2, 0) is 6.54 Å². The van der Waals surface area contributed by atoms with Crippen molar-refractivity contribution >= 4 is 0 Å². The number of nitrogens with zero attached hydrogens (tertiary/aromatic N) is 1. The van der Waals surface area contributed by atoms with Gasteiger partial charge in [0.1, 0.15) is 0 Å². The zero-order valence-corrected chi connectivity index (χ0v) is 11.3. The topological polar surface area (TPSA) is 15.3 Å². The Hall–Kier alpha value is -0.860. The van der Waals surface area contributed by atoms with Gasteiger partial charge in [0.2, 0.25) is 0 Å². The minimum atomic E-state index is 0.652. The largest absolute Gasteiger partial charge is 0.312 e. The van der Waals surface area contributed by atoms with Crippen LogP contribution in [0.4, 0.5) is 0 Å². The summed E-state index contributed by atoms with van der Waals surface area (Å²) < 4.78 is 0. The van der Waals surface area contributed by atoms with E-state index in [2.05, 4.69) is 49.2 Å². The normalized spacial score (nSPS) is 19.4. The Morgan fingerprint density at radius 1 is 1.29 bits per heavy atom. The summed E-state index contributed by atoms with van der Waals surface area (Å²) in [6, 6.07) is 6.91. The molecule has 1 aliphatic heterocycles. The van der Waals surface area contributed by atoms with E-state index in [4.69, 9.17) is 0 Å². The van der Waals surface area contributed by atoms with E-state index < -0.39 is 0 Å². The quantitative estimate of drug-likeness (QED) is 0.858. The molecule has 94 valence electrons. The third-order valence-electron chi connectivity index (χ3n) is 3.82. The van der Waals surface area contributed by atoms with E-state index in [1.54, 1.807) is 5.56 Å². The van der Waals surface area contributed by atoms with E-state index in [0.717, 1.165) is 26.2 Å². The van der Waals surface area contributed by atoms with Crippen LogP contribution in [0, 0.1) is 6.92 Å². The highest BCUT2D eigenvalue weighted by molar-refractivity contribution is 5.36. The fourth-order valence-electron chi connectivity index (χ4n) is 2.73. The van der Waals surface area contributed by atoms with Gasteiger partial charge in [-0.15, -0.1) is 0 Å². The molecule has 17 heavy (non-hydrogen) atoms. The molecule has 0 bridgehead atoms. The molecule has 0 saturated heterocycles. The van der Waals surface area contributed by atoms with Crippen molar-refractivity contribution in [3.8, 4) is 0 Å². The highest BCUT2D eigenvalue weighted by Gasteiger charge is 2.21. The Morgan fingerprint density at radius 2 is 2.06 bits per heavy atom. The standard InChI is InChI=1S/C15H24N2/c1-4-17(5-2)11-14-10-16-9-13-8-12(3)6-7-15(13)14/h6-8,14,16H,4-5,9-11H2,1-3H3. The third-order valence-corrected chi connectivity index (χ3v) is 3.82. The molecule has 2 heteroatoms. The van der Waals surface area contributed by atoms with Crippen molar-refractivity contribution in [1.29, 1.82) is 0 Å². The first kappa shape index (κ1) is 12.6. The van der Waals surface area contributed by atoms with E-state index in [-0.39, 0.29) is 0 Å². The first-order valence-electron chi connectivity index (χ1n) is 6.77. The lowest BCUT2D eigenvalue weighted by Crippen LogP contribution is -2.36. The van der Waals surface area contributed by atoms with Gasteiger partial charge in [0, 0.05) is 25.6 Å². The second-order valence-corrected chi connectivity index (χ2v) is 5.02. The summed E-state index contributed by atoms with van der Waals surface area (Å²) in [7, 11) is 0. The Bertz CT molecular complexity index is 369. The molecular weight excluding hydrogens is 208 g/mol. The van der Waals surface area contributed by atoms with Crippen molar-refractivity contribution in [2.24, 2.45) is 0 Å². The van der Waals surface area contributed by atoms with Crippen molar-refractivity contribution in [2.45, 2.75) is 33.2 Å². The molecule has 0 amide bonds. The van der Waals surface area contributed by atoms with Crippen LogP contribution < -0.4 is 5.32 Å². The van der Waals surface area contributed by atoms with Crippen molar-refractivity contribution in [3.63, 3.8) is 0 Å². The summed E-state index contributed by atoms with van der Waals surface area (Å²) >= 11 is 0. The average Bonchev–Trinajstić information content (AvgIpc) is 2.35. The van der Waals surface area contributed by atoms with Crippen LogP contribution >= 0.6 is 0 Å². The molecule has 0 fully saturated rings. The van der Waals surface area contributed by atoms with Crippen molar-refractivity contribution in [1.82, 2.24) is 10.2 Å². The predicted octanol–water partition coefficient (Wildman–Crippen LogP) is 2.52. The van der Waals surface area contributed by atoms with Crippen LogP contribution in [0.3, 0.4) is 0 Å². The number of rotatable bonds is 4. The van der Waals surface area contributed by atoms with Crippen molar-refractivity contribution < 1.29 is 0 Å². The Morgan fingerprint density at radius 3 is 2.76 bits per heavy atom. The lowest BCUT2D eigenvalue weighted by molar-refractivity contribution is 0.275. The summed E-state index contributed by atoms with van der Waals surface area (Å²) in [5, 5.41) is 3.55. The average molecular weight is 232 g/mol. The smallest absolute Gasteiger partial charge is 0.0208 e. The second-order valence-electron chi connectivity index (χ2n) is 5.02. The molecule has 1 aromatic carbocycles. The Balaban J connectivity index is 2.16. The van der Waals surface area contributed by atoms with Gasteiger partial charge in [0.05, 0.1) is 0 Å². The van der Waals surface area contributed by atoms with E-state index in [0.29, 0.717) is 5.92 Å². The maximum atomic E-state index is 3.55. The van der Waals surface area contributed by atoms with Gasteiger partial charge in [0.25, 0.3) is 0 Å². The van der Waals surface area contributed by atoms with Crippen molar-refractivity contribution in [3.05, 3.63) is 34.9 Å². The predicted molar refractivity (Wildman–Crippen MR) is 73.4 cm³/mol. The molecular formula is C15H24N2. The zero-order chi connectivity index (χ0) is 12.3. The van der Waals surface area contributed by atoms with Crippen LogP contribution in [0.15, 0.2) is 18.2 Å². The third kappa shape index (κ3) is 2.88. The van der Waals surface area contributed by atoms with Gasteiger partial charge in [-0.05, 0) is 31.1 Å². The summed E-state index contributed by atoms with van der Waals surface area (Å²) in [5.74, 6) is 0.652. The molecule has 1 N–H and O–H groups in total. The fourth-order valence-corrected chi connectivity index (χ4v) is 2.73. The van der Waals surface area contributed by atoms with Crippen LogP contribution in [0.5, 0.6) is 0 Å². The van der Waals surface area contributed by atoms with E-state index in [1.807, 2.05) is 0 Å². The van der Waals surface area contributed by atoms with E-state index in [9.17, 15) is 0 Å². The molecule has 1 aliphatic rings. The Labute approximate surface area is 105 Å². The number of hydrogen-bond donors (Lipinski definition) is 1. The molecule has 1 atom stereocenters. The number of aryl methyl sites for hydroxylation is 1. The van der Waals surface area contributed by atoms with Gasteiger partial charge in [-0.3, -0.25) is 0 Å². The number of nitrogens with one attached hydrogen (secondary N) is 1. The summed E-state index contributed by atoms with van der Waals surface area (Å²) in [5.41, 5.74) is 4.42. The molecule has 0 aromatic heterocycles. The summed E-state index contributed by atoms with van der Waals surface area (Å²) in [6.07, 6.45) is 0. The molecule has 0 saturated carbocycles. The SMILES string of the molecule is CCN(CC)CC1CNCc2cc(C)ccc21. The van der Waals surface area contributed by atoms with Gasteiger partial charge in [-0.1, -0.05) is 37.6 Å². The molecule has 2 rings (SSSR count). The first-order chi connectivity index (χ1) is 8.24. The van der Waals surface area contributed by atoms with Gasteiger partial charge in [-0.25, -0.2) is 0 Å². The molecule has 2 nitrogen and oxygen atoms in total. The van der Waals surface area contributed by atoms with Crippen LogP contribution in [-0.4, -0.2) is 31.1 Å². The number of likely N-dealkylation sites (N-methyl/N-ethyl adjacent to an activating group) is 1. The molecule has 0 aliphatic carbocycles. The lowest BCUT2D eigenvalue weighted by Gasteiger charge is -2.31. The second kappa shape index (κ2) is 5.65. The number of benzene rings is 1. The Kier molecular flexibility index (Phi) is 4.19. The molecule has 1 unspecified atom stereocenters. The van der Waals surface area contributed by atoms with E-state index >= 15 is 0 Å². The molecule has 0 radical (unpaired) electrons. The molecule has 1 aromatic rings. The summed E-state index contributed by atoms with van der Waals surface area (Å²) in [4.78, 5) is 2.52. The maximum Gasteiger partial charge on any atom is 0.0208 e. The highest BCUT2D eigenvalue weighted by Crippen LogP contribution is 2.25. The lowest BCUT2D eigenvalue weighted by atomic mass is 9.89. The van der Waals surface area contributed by atoms with Crippen molar-refractivity contribution in [2.75, 3.05) is 26.2 Å². The van der Waals surface area contributed by atoms with Crippen LogP contribution in [0.25, 0.3) is 0 Å². The monoisotopic (exact) mass is 232 g/mol. The van der Waals surface area contributed by atoms with Gasteiger partial charge in [-0.2, -0.15) is 0 Å². The van der Waals surface area contributed by atoms with Crippen LogP contribution in [0.1, 0.15) is 36.5 Å². The molecule has 1 heterocycles. The number of fused-ring (bicyclic) bond motifs is 1. The maximum absolute atomic E-state index is 3.55. The first-order valence-corrected chi connectivity index (χ1v) is 6.77. The highest BCUT2D eigenvalue weighted by atomic mass is 15.1. The van der Waals surface area contributed by atoms with E-state index in [1.165, 1.54) is 17.7 Å². The summed E-state index contributed by atoms with van der Waals surface area (Å²) in [6.45, 7) is 12.3. The fraction of sp³-hybridized carbons (Fsp3) is 0.600. The number of hydrogen-bond acceptors (Lipinski definition) is 2. The van der Waals surface area contributed by atoms with Gasteiger partial charge >= 0.3 is 0 Å². The minimum Gasteiger partial charge on any atom is -0.312 e. The minimum absolute atomic E-state index is 0.652. The molecule has 0 spiro atoms. The zero-order valence-electron chi connectivity index (χ0n) is 11.3.